The first kappa shape index (κ1) is 23.5. The molecular formula is C42H24S. The van der Waals surface area contributed by atoms with E-state index in [0.29, 0.717) is 0 Å². The van der Waals surface area contributed by atoms with Crippen molar-refractivity contribution < 1.29 is 0 Å². The summed E-state index contributed by atoms with van der Waals surface area (Å²) in [6, 6.07) is 54.4. The second-order valence-electron chi connectivity index (χ2n) is 11.7. The molecule has 0 fully saturated rings. The zero-order valence-electron chi connectivity index (χ0n) is 23.3. The number of hydrogen-bond donors (Lipinski definition) is 0. The molecule has 0 amide bonds. The van der Waals surface area contributed by atoms with E-state index >= 15 is 0 Å². The molecule has 1 heterocycles. The highest BCUT2D eigenvalue weighted by molar-refractivity contribution is 7.99. The van der Waals surface area contributed by atoms with Crippen molar-refractivity contribution in [2.24, 2.45) is 0 Å². The molecule has 9 aromatic carbocycles. The first-order valence-corrected chi connectivity index (χ1v) is 15.7. The molecule has 0 saturated heterocycles. The largest absolute Gasteiger partial charge is 0.0888 e. The lowest BCUT2D eigenvalue weighted by molar-refractivity contribution is 1.40. The zero-order valence-corrected chi connectivity index (χ0v) is 24.1. The average Bonchev–Trinajstić information content (AvgIpc) is 3.07. The van der Waals surface area contributed by atoms with Gasteiger partial charge in [-0.2, -0.15) is 0 Å². The number of rotatable bonds is 2. The molecule has 0 aromatic heterocycles. The first-order valence-electron chi connectivity index (χ1n) is 14.8. The molecule has 0 N–H and O–H groups in total. The fourth-order valence-corrected chi connectivity index (χ4v) is 8.53. The van der Waals surface area contributed by atoms with Crippen LogP contribution in [-0.4, -0.2) is 0 Å². The van der Waals surface area contributed by atoms with Gasteiger partial charge in [0, 0.05) is 15.2 Å². The van der Waals surface area contributed by atoms with Crippen LogP contribution in [-0.2, 0) is 0 Å². The molecule has 0 unspecified atom stereocenters. The van der Waals surface area contributed by atoms with E-state index in [-0.39, 0.29) is 0 Å². The molecule has 9 aromatic rings. The Hall–Kier alpha value is -5.11. The first-order chi connectivity index (χ1) is 21.3. The van der Waals surface area contributed by atoms with Gasteiger partial charge in [-0.25, -0.2) is 0 Å². The van der Waals surface area contributed by atoms with Crippen molar-refractivity contribution in [3.63, 3.8) is 0 Å². The SMILES string of the molecule is c1cc(-c2ccc3ccc4cccc5ccc2c3c45)c2cc(-c3ccc4c(c3)-c3cccc5cccc(c35)S4)ccc2c1. The minimum atomic E-state index is 1.25. The molecule has 10 rings (SSSR count). The number of hydrogen-bond acceptors (Lipinski definition) is 1. The summed E-state index contributed by atoms with van der Waals surface area (Å²) in [4.78, 5) is 2.67. The smallest absolute Gasteiger partial charge is 0.0207 e. The summed E-state index contributed by atoms with van der Waals surface area (Å²) in [6.45, 7) is 0. The van der Waals surface area contributed by atoms with Crippen LogP contribution in [0.1, 0.15) is 0 Å². The normalized spacial score (nSPS) is 12.6. The second-order valence-corrected chi connectivity index (χ2v) is 12.8. The van der Waals surface area contributed by atoms with Crippen LogP contribution >= 0.6 is 11.8 Å². The van der Waals surface area contributed by atoms with E-state index in [4.69, 9.17) is 0 Å². The Bertz CT molecular complexity index is 2570. The van der Waals surface area contributed by atoms with E-state index in [1.807, 2.05) is 11.8 Å². The molecule has 1 aliphatic rings. The van der Waals surface area contributed by atoms with Gasteiger partial charge in [-0.05, 0) is 106 Å². The lowest BCUT2D eigenvalue weighted by atomic mass is 9.88. The third kappa shape index (κ3) is 3.34. The summed E-state index contributed by atoms with van der Waals surface area (Å²) in [5.41, 5.74) is 7.73. The van der Waals surface area contributed by atoms with Crippen LogP contribution in [0, 0.1) is 0 Å². The molecule has 1 heteroatoms. The minimum Gasteiger partial charge on any atom is -0.0888 e. The Morgan fingerprint density at radius 2 is 0.884 bits per heavy atom. The molecule has 0 saturated carbocycles. The molecule has 0 spiro atoms. The summed E-state index contributed by atoms with van der Waals surface area (Å²) in [7, 11) is 0. The van der Waals surface area contributed by atoms with Crippen LogP contribution in [0.25, 0.3) is 87.2 Å². The maximum atomic E-state index is 2.40. The van der Waals surface area contributed by atoms with Gasteiger partial charge in [0.05, 0.1) is 0 Å². The van der Waals surface area contributed by atoms with Gasteiger partial charge >= 0.3 is 0 Å². The van der Waals surface area contributed by atoms with Crippen molar-refractivity contribution in [2.75, 3.05) is 0 Å². The van der Waals surface area contributed by atoms with E-state index in [2.05, 4.69) is 146 Å². The van der Waals surface area contributed by atoms with Crippen molar-refractivity contribution >= 4 is 65.6 Å². The van der Waals surface area contributed by atoms with E-state index in [9.17, 15) is 0 Å². The predicted octanol–water partition coefficient (Wildman–Crippen LogP) is 12.4. The molecule has 0 radical (unpaired) electrons. The summed E-state index contributed by atoms with van der Waals surface area (Å²) in [5.74, 6) is 0. The van der Waals surface area contributed by atoms with Crippen LogP contribution in [0.15, 0.2) is 155 Å². The monoisotopic (exact) mass is 560 g/mol. The molecule has 198 valence electrons. The summed E-state index contributed by atoms with van der Waals surface area (Å²) >= 11 is 1.88. The summed E-state index contributed by atoms with van der Waals surface area (Å²) in [5, 5.41) is 13.2. The minimum absolute atomic E-state index is 1.25. The van der Waals surface area contributed by atoms with Gasteiger partial charge in [0.1, 0.15) is 0 Å². The molecule has 0 atom stereocenters. The molecule has 0 bridgehead atoms. The third-order valence-corrected chi connectivity index (χ3v) is 10.5. The van der Waals surface area contributed by atoms with E-state index in [1.165, 1.54) is 97.0 Å². The van der Waals surface area contributed by atoms with E-state index < -0.39 is 0 Å². The summed E-state index contributed by atoms with van der Waals surface area (Å²) < 4.78 is 0. The van der Waals surface area contributed by atoms with Gasteiger partial charge < -0.3 is 0 Å². The Labute approximate surface area is 253 Å². The highest BCUT2D eigenvalue weighted by Crippen LogP contribution is 2.49. The van der Waals surface area contributed by atoms with Crippen molar-refractivity contribution in [1.82, 2.24) is 0 Å². The molecular weight excluding hydrogens is 537 g/mol. The average molecular weight is 561 g/mol. The second kappa shape index (κ2) is 8.70. The summed E-state index contributed by atoms with van der Waals surface area (Å²) in [6.07, 6.45) is 0. The van der Waals surface area contributed by atoms with Crippen LogP contribution in [0.4, 0.5) is 0 Å². The molecule has 0 aliphatic carbocycles. The van der Waals surface area contributed by atoms with Crippen molar-refractivity contribution in [1.29, 1.82) is 0 Å². The molecule has 43 heavy (non-hydrogen) atoms. The highest BCUT2D eigenvalue weighted by atomic mass is 32.2. The fraction of sp³-hybridized carbons (Fsp3) is 0. The van der Waals surface area contributed by atoms with Gasteiger partial charge in [-0.3, -0.25) is 0 Å². The van der Waals surface area contributed by atoms with E-state index in [1.54, 1.807) is 0 Å². The predicted molar refractivity (Wildman–Crippen MR) is 186 cm³/mol. The Morgan fingerprint density at radius 3 is 1.74 bits per heavy atom. The fourth-order valence-electron chi connectivity index (χ4n) is 7.40. The lowest BCUT2D eigenvalue weighted by Crippen LogP contribution is -1.93. The van der Waals surface area contributed by atoms with Crippen molar-refractivity contribution in [3.05, 3.63) is 146 Å². The number of fused-ring (bicyclic) bond motifs is 3. The van der Waals surface area contributed by atoms with Crippen molar-refractivity contribution in [2.45, 2.75) is 9.79 Å². The standard InChI is InChI=1S/C42H24S/c1-6-27-14-15-29-17-20-33(35-21-18-28(7-1)40(27)42(29)35)32-10-2-5-25-13-16-30(23-36(25)32)31-19-22-38-37(24-31)34-11-3-8-26-9-4-12-39(43-38)41(26)34/h1-24H. The lowest BCUT2D eigenvalue weighted by Gasteiger charge is -2.21. The van der Waals surface area contributed by atoms with Crippen LogP contribution in [0.5, 0.6) is 0 Å². The van der Waals surface area contributed by atoms with Gasteiger partial charge in [-0.15, -0.1) is 0 Å². The Balaban J connectivity index is 1.18. The maximum Gasteiger partial charge on any atom is 0.0207 e. The third-order valence-electron chi connectivity index (χ3n) is 9.39. The Morgan fingerprint density at radius 1 is 0.302 bits per heavy atom. The van der Waals surface area contributed by atoms with Crippen LogP contribution < -0.4 is 0 Å². The maximum absolute atomic E-state index is 2.40. The zero-order chi connectivity index (χ0) is 28.1. The van der Waals surface area contributed by atoms with Crippen LogP contribution in [0.2, 0.25) is 0 Å². The quantitative estimate of drug-likeness (QED) is 0.190. The van der Waals surface area contributed by atoms with Gasteiger partial charge in [0.25, 0.3) is 0 Å². The van der Waals surface area contributed by atoms with Gasteiger partial charge in [0.15, 0.2) is 0 Å². The highest BCUT2D eigenvalue weighted by Gasteiger charge is 2.20. The molecule has 1 aliphatic heterocycles. The van der Waals surface area contributed by atoms with E-state index in [0.717, 1.165) is 0 Å². The van der Waals surface area contributed by atoms with Gasteiger partial charge in [0.2, 0.25) is 0 Å². The van der Waals surface area contributed by atoms with Crippen molar-refractivity contribution in [3.8, 4) is 33.4 Å². The number of benzene rings is 9. The Kier molecular flexibility index (Phi) is 4.75. The van der Waals surface area contributed by atoms with Crippen LogP contribution in [0.3, 0.4) is 0 Å². The van der Waals surface area contributed by atoms with Gasteiger partial charge in [-0.1, -0.05) is 133 Å². The molecule has 0 nitrogen and oxygen atoms in total. The topological polar surface area (TPSA) is 0 Å².